The third kappa shape index (κ3) is 4.34. The number of H-pyrrole nitrogens is 1. The Morgan fingerprint density at radius 3 is 2.86 bits per heavy atom. The molecular weight excluding hydrogens is 379 g/mol. The van der Waals surface area contributed by atoms with Crippen LogP contribution < -0.4 is 10.2 Å². The van der Waals surface area contributed by atoms with Crippen molar-refractivity contribution >= 4 is 23.3 Å². The van der Waals surface area contributed by atoms with Crippen molar-refractivity contribution in [1.82, 2.24) is 15.5 Å². The van der Waals surface area contributed by atoms with Crippen LogP contribution in [0.1, 0.15) is 12.0 Å². The molecule has 1 aromatic heterocycles. The second-order valence-corrected chi connectivity index (χ2v) is 7.39. The van der Waals surface area contributed by atoms with Crippen molar-refractivity contribution in [3.63, 3.8) is 0 Å². The van der Waals surface area contributed by atoms with Crippen LogP contribution >= 0.6 is 11.6 Å². The van der Waals surface area contributed by atoms with Gasteiger partial charge in [-0.1, -0.05) is 23.7 Å². The van der Waals surface area contributed by atoms with E-state index in [-0.39, 0.29) is 17.8 Å². The third-order valence-corrected chi connectivity index (χ3v) is 5.09. The van der Waals surface area contributed by atoms with Crippen molar-refractivity contribution in [2.45, 2.75) is 18.9 Å². The zero-order valence-corrected chi connectivity index (χ0v) is 15.9. The Bertz CT molecular complexity index is 973. The summed E-state index contributed by atoms with van der Waals surface area (Å²) in [5, 5.41) is 11.1. The van der Waals surface area contributed by atoms with Crippen molar-refractivity contribution in [2.75, 3.05) is 18.0 Å². The van der Waals surface area contributed by atoms with Crippen LogP contribution in [-0.2, 0) is 11.2 Å². The molecule has 0 saturated carbocycles. The first-order valence-corrected chi connectivity index (χ1v) is 9.55. The second kappa shape index (κ2) is 8.02. The van der Waals surface area contributed by atoms with E-state index in [9.17, 15) is 9.18 Å². The molecule has 0 unspecified atom stereocenters. The number of hydrogen-bond acceptors (Lipinski definition) is 3. The molecule has 0 aliphatic carbocycles. The van der Waals surface area contributed by atoms with Crippen molar-refractivity contribution in [3.05, 3.63) is 71.0 Å². The van der Waals surface area contributed by atoms with Crippen LogP contribution in [0.3, 0.4) is 0 Å². The Labute approximate surface area is 167 Å². The van der Waals surface area contributed by atoms with Crippen molar-refractivity contribution in [3.8, 4) is 11.3 Å². The van der Waals surface area contributed by atoms with Crippen molar-refractivity contribution < 1.29 is 9.18 Å². The molecule has 28 heavy (non-hydrogen) atoms. The monoisotopic (exact) mass is 398 g/mol. The van der Waals surface area contributed by atoms with Gasteiger partial charge in [0.1, 0.15) is 5.82 Å². The maximum Gasteiger partial charge on any atom is 0.224 e. The van der Waals surface area contributed by atoms with Gasteiger partial charge in [-0.15, -0.1) is 0 Å². The summed E-state index contributed by atoms with van der Waals surface area (Å²) in [6, 6.07) is 15.7. The number of carbonyl (C=O) groups excluding carboxylic acids is 1. The van der Waals surface area contributed by atoms with Crippen LogP contribution in [0.25, 0.3) is 11.3 Å². The number of carbonyl (C=O) groups is 1. The van der Waals surface area contributed by atoms with Gasteiger partial charge in [-0.25, -0.2) is 4.39 Å². The first-order chi connectivity index (χ1) is 13.6. The molecule has 2 aromatic carbocycles. The van der Waals surface area contributed by atoms with Crippen LogP contribution in [-0.4, -0.2) is 35.2 Å². The Morgan fingerprint density at radius 1 is 1.25 bits per heavy atom. The largest absolute Gasteiger partial charge is 0.353 e. The first kappa shape index (κ1) is 18.5. The predicted molar refractivity (Wildman–Crippen MR) is 108 cm³/mol. The van der Waals surface area contributed by atoms with Crippen LogP contribution in [0.2, 0.25) is 5.02 Å². The molecule has 1 amide bonds. The summed E-state index contributed by atoms with van der Waals surface area (Å²) < 4.78 is 13.1. The molecule has 2 N–H and O–H groups in total. The summed E-state index contributed by atoms with van der Waals surface area (Å²) >= 11 is 5.97. The number of nitrogens with zero attached hydrogens (tertiary/aromatic N) is 2. The minimum absolute atomic E-state index is 0.0110. The number of nitrogens with one attached hydrogen (secondary N) is 2. The second-order valence-electron chi connectivity index (χ2n) is 6.95. The van der Waals surface area contributed by atoms with Gasteiger partial charge in [0.25, 0.3) is 0 Å². The predicted octanol–water partition coefficient (Wildman–Crippen LogP) is 3.81. The third-order valence-electron chi connectivity index (χ3n) is 4.85. The Kier molecular flexibility index (Phi) is 5.30. The van der Waals surface area contributed by atoms with Gasteiger partial charge in [0, 0.05) is 30.2 Å². The summed E-state index contributed by atoms with van der Waals surface area (Å²) in [5.41, 5.74) is 2.62. The van der Waals surface area contributed by atoms with Crippen LogP contribution in [0, 0.1) is 5.82 Å². The van der Waals surface area contributed by atoms with Gasteiger partial charge in [-0.2, -0.15) is 5.10 Å². The number of rotatable bonds is 5. The van der Waals surface area contributed by atoms with E-state index < -0.39 is 0 Å². The summed E-state index contributed by atoms with van der Waals surface area (Å²) in [7, 11) is 0. The Balaban J connectivity index is 1.34. The smallest absolute Gasteiger partial charge is 0.224 e. The van der Waals surface area contributed by atoms with Gasteiger partial charge in [0.15, 0.2) is 5.82 Å². The van der Waals surface area contributed by atoms with Gasteiger partial charge < -0.3 is 10.2 Å². The fourth-order valence-electron chi connectivity index (χ4n) is 3.45. The van der Waals surface area contributed by atoms with Crippen molar-refractivity contribution in [1.29, 1.82) is 0 Å². The van der Waals surface area contributed by atoms with E-state index in [1.54, 1.807) is 18.2 Å². The van der Waals surface area contributed by atoms with Gasteiger partial charge in [0.2, 0.25) is 5.91 Å². The number of aromatic amines is 1. The number of halogens is 2. The average Bonchev–Trinajstić information content (AvgIpc) is 3.32. The number of anilines is 1. The van der Waals surface area contributed by atoms with Gasteiger partial charge >= 0.3 is 0 Å². The Morgan fingerprint density at radius 2 is 2.07 bits per heavy atom. The van der Waals surface area contributed by atoms with Gasteiger partial charge in [0.05, 0.1) is 12.1 Å². The maximum absolute atomic E-state index is 13.1. The number of amides is 1. The summed E-state index contributed by atoms with van der Waals surface area (Å²) in [6.45, 7) is 1.52. The molecule has 4 rings (SSSR count). The lowest BCUT2D eigenvalue weighted by molar-refractivity contribution is -0.121. The normalized spacial score (nSPS) is 16.4. The molecule has 1 fully saturated rings. The molecule has 0 bridgehead atoms. The zero-order valence-electron chi connectivity index (χ0n) is 15.2. The summed E-state index contributed by atoms with van der Waals surface area (Å²) in [4.78, 5) is 14.4. The highest BCUT2D eigenvalue weighted by molar-refractivity contribution is 6.30. The zero-order chi connectivity index (χ0) is 19.5. The standard InChI is InChI=1S/C21H20ClFN4O/c22-16-3-1-2-14(10-16)11-21(28)24-18-8-9-27(13-18)20-12-19(25-26-20)15-4-6-17(23)7-5-15/h1-7,10,12,18H,8-9,11,13H2,(H,24,28)(H,25,26)/t18-/m0/s1. The lowest BCUT2D eigenvalue weighted by Crippen LogP contribution is -2.38. The van der Waals surface area contributed by atoms with Crippen molar-refractivity contribution in [2.24, 2.45) is 0 Å². The SMILES string of the molecule is O=C(Cc1cccc(Cl)c1)N[C@H]1CCN(c2cc(-c3ccc(F)cc3)[nH]n2)C1. The fourth-order valence-corrected chi connectivity index (χ4v) is 3.66. The fraction of sp³-hybridized carbons (Fsp3) is 0.238. The van der Waals surface area contributed by atoms with E-state index in [1.165, 1.54) is 12.1 Å². The molecule has 1 aliphatic rings. The number of hydrogen-bond donors (Lipinski definition) is 2. The van der Waals surface area contributed by atoms with E-state index in [4.69, 9.17) is 11.6 Å². The number of aromatic nitrogens is 2. The first-order valence-electron chi connectivity index (χ1n) is 9.17. The summed E-state index contributed by atoms with van der Waals surface area (Å²) in [6.07, 6.45) is 1.17. The molecule has 5 nitrogen and oxygen atoms in total. The molecule has 3 aromatic rings. The van der Waals surface area contributed by atoms with Gasteiger partial charge in [-0.3, -0.25) is 9.89 Å². The quantitative estimate of drug-likeness (QED) is 0.687. The van der Waals surface area contributed by atoms with Gasteiger partial charge in [-0.05, 0) is 53.9 Å². The molecule has 0 radical (unpaired) electrons. The lowest BCUT2D eigenvalue weighted by atomic mass is 10.1. The van der Waals surface area contributed by atoms with E-state index >= 15 is 0 Å². The van der Waals surface area contributed by atoms with E-state index in [1.807, 2.05) is 24.3 Å². The molecule has 1 aliphatic heterocycles. The Hall–Kier alpha value is -2.86. The molecule has 0 spiro atoms. The van der Waals surface area contributed by atoms with E-state index in [0.717, 1.165) is 35.6 Å². The van der Waals surface area contributed by atoms with Crippen LogP contribution in [0.15, 0.2) is 54.6 Å². The minimum Gasteiger partial charge on any atom is -0.353 e. The van der Waals surface area contributed by atoms with E-state index in [0.29, 0.717) is 18.0 Å². The molecular formula is C21H20ClFN4O. The topological polar surface area (TPSA) is 61.0 Å². The average molecular weight is 399 g/mol. The highest BCUT2D eigenvalue weighted by Gasteiger charge is 2.25. The summed E-state index contributed by atoms with van der Waals surface area (Å²) in [5.74, 6) is 0.549. The molecule has 1 saturated heterocycles. The highest BCUT2D eigenvalue weighted by Crippen LogP contribution is 2.24. The number of benzene rings is 2. The van der Waals surface area contributed by atoms with E-state index in [2.05, 4.69) is 20.4 Å². The lowest BCUT2D eigenvalue weighted by Gasteiger charge is -2.16. The molecule has 1 atom stereocenters. The molecule has 7 heteroatoms. The minimum atomic E-state index is -0.264. The highest BCUT2D eigenvalue weighted by atomic mass is 35.5. The van der Waals surface area contributed by atoms with Crippen LogP contribution in [0.4, 0.5) is 10.2 Å². The maximum atomic E-state index is 13.1. The molecule has 144 valence electrons. The van der Waals surface area contributed by atoms with Crippen LogP contribution in [0.5, 0.6) is 0 Å². The molecule has 2 heterocycles.